The Morgan fingerprint density at radius 2 is 1.81 bits per heavy atom. The number of carbonyl (C=O) groups is 1. The average molecular weight is 363 g/mol. The maximum atomic E-state index is 12.8. The van der Waals surface area contributed by atoms with Crippen LogP contribution in [0.4, 0.5) is 0 Å². The number of nitrogens with one attached hydrogen (secondary N) is 1. The fraction of sp³-hybridized carbons (Fsp3) is 0.364. The van der Waals surface area contributed by atoms with Crippen LogP contribution in [0.3, 0.4) is 0 Å². The van der Waals surface area contributed by atoms with E-state index in [9.17, 15) is 4.79 Å². The Balaban J connectivity index is 1.39. The lowest BCUT2D eigenvalue weighted by molar-refractivity contribution is 0.0711. The number of ether oxygens (including phenoxy) is 1. The summed E-state index contributed by atoms with van der Waals surface area (Å²) < 4.78 is 5.65. The van der Waals surface area contributed by atoms with Gasteiger partial charge in [0.15, 0.2) is 0 Å². The second-order valence-electron chi connectivity index (χ2n) is 7.40. The first-order valence-electron chi connectivity index (χ1n) is 9.61. The van der Waals surface area contributed by atoms with Crippen molar-refractivity contribution in [1.82, 2.24) is 14.9 Å². The molecule has 2 heterocycles. The molecule has 0 saturated carbocycles. The van der Waals surface area contributed by atoms with Crippen LogP contribution in [0, 0.1) is 0 Å². The molecule has 1 aliphatic rings. The molecule has 1 aromatic heterocycles. The maximum Gasteiger partial charge on any atom is 0.253 e. The summed E-state index contributed by atoms with van der Waals surface area (Å²) in [6.45, 7) is 5.49. The number of nitrogens with zero attached hydrogens (tertiary/aromatic N) is 2. The summed E-state index contributed by atoms with van der Waals surface area (Å²) in [5.41, 5.74) is 2.80. The highest BCUT2D eigenvalue weighted by molar-refractivity contribution is 5.94. The van der Waals surface area contributed by atoms with Crippen molar-refractivity contribution in [3.8, 4) is 5.75 Å². The third-order valence-electron chi connectivity index (χ3n) is 5.05. The van der Waals surface area contributed by atoms with Gasteiger partial charge in [-0.1, -0.05) is 12.1 Å². The van der Waals surface area contributed by atoms with Crippen LogP contribution >= 0.6 is 0 Å². The summed E-state index contributed by atoms with van der Waals surface area (Å²) in [4.78, 5) is 22.9. The zero-order valence-electron chi connectivity index (χ0n) is 15.8. The molecule has 1 amide bonds. The molecule has 4 rings (SSSR count). The first-order chi connectivity index (χ1) is 13.1. The third-order valence-corrected chi connectivity index (χ3v) is 5.05. The van der Waals surface area contributed by atoms with Crippen molar-refractivity contribution in [3.05, 3.63) is 59.9 Å². The second-order valence-corrected chi connectivity index (χ2v) is 7.40. The highest BCUT2D eigenvalue weighted by Gasteiger charge is 2.26. The van der Waals surface area contributed by atoms with Gasteiger partial charge in [0, 0.05) is 24.6 Å². The van der Waals surface area contributed by atoms with Crippen molar-refractivity contribution in [2.75, 3.05) is 13.1 Å². The third kappa shape index (κ3) is 3.82. The van der Waals surface area contributed by atoms with Gasteiger partial charge in [-0.15, -0.1) is 0 Å². The maximum absolute atomic E-state index is 12.8. The summed E-state index contributed by atoms with van der Waals surface area (Å²) in [5, 5.41) is 0. The minimum Gasteiger partial charge on any atom is -0.491 e. The van der Waals surface area contributed by atoms with Gasteiger partial charge in [-0.2, -0.15) is 0 Å². The SMILES string of the molecule is CC(C)Oc1ccc(C(=O)N2CCC(c3nc4ccccc4[nH]3)CC2)cc1. The molecule has 1 fully saturated rings. The smallest absolute Gasteiger partial charge is 0.253 e. The predicted octanol–water partition coefficient (Wildman–Crippen LogP) is 4.37. The number of benzene rings is 2. The van der Waals surface area contributed by atoms with Crippen LogP contribution in [0.15, 0.2) is 48.5 Å². The average Bonchev–Trinajstić information content (AvgIpc) is 3.12. The molecule has 1 aliphatic heterocycles. The monoisotopic (exact) mass is 363 g/mol. The molecular formula is C22H25N3O2. The van der Waals surface area contributed by atoms with Gasteiger partial charge in [0.2, 0.25) is 0 Å². The normalized spacial score (nSPS) is 15.4. The number of para-hydroxylation sites is 2. The van der Waals surface area contributed by atoms with Gasteiger partial charge >= 0.3 is 0 Å². The standard InChI is InChI=1S/C22H25N3O2/c1-15(2)27-18-9-7-17(8-10-18)22(26)25-13-11-16(12-14-25)21-23-19-5-3-4-6-20(19)24-21/h3-10,15-16H,11-14H2,1-2H3,(H,23,24). The van der Waals surface area contributed by atoms with Crippen molar-refractivity contribution in [3.63, 3.8) is 0 Å². The van der Waals surface area contributed by atoms with Gasteiger partial charge in [-0.3, -0.25) is 4.79 Å². The molecule has 140 valence electrons. The Morgan fingerprint density at radius 1 is 1.11 bits per heavy atom. The molecule has 0 spiro atoms. The van der Waals surface area contributed by atoms with E-state index in [1.54, 1.807) is 0 Å². The van der Waals surface area contributed by atoms with Crippen LogP contribution in [0.2, 0.25) is 0 Å². The highest BCUT2D eigenvalue weighted by Crippen LogP contribution is 2.28. The summed E-state index contributed by atoms with van der Waals surface area (Å²) in [6, 6.07) is 15.5. The quantitative estimate of drug-likeness (QED) is 0.749. The van der Waals surface area contributed by atoms with E-state index in [2.05, 4.69) is 11.1 Å². The minimum atomic E-state index is 0.0918. The van der Waals surface area contributed by atoms with E-state index in [0.717, 1.165) is 48.5 Å². The molecule has 0 radical (unpaired) electrons. The summed E-state index contributed by atoms with van der Waals surface area (Å²) >= 11 is 0. The molecule has 1 N–H and O–H groups in total. The fourth-order valence-electron chi connectivity index (χ4n) is 3.65. The summed E-state index contributed by atoms with van der Waals surface area (Å²) in [6.07, 6.45) is 1.99. The molecule has 0 atom stereocenters. The van der Waals surface area contributed by atoms with Crippen LogP contribution in [0.1, 0.15) is 48.8 Å². The molecule has 0 aliphatic carbocycles. The molecule has 27 heavy (non-hydrogen) atoms. The Hall–Kier alpha value is -2.82. The van der Waals surface area contributed by atoms with E-state index in [4.69, 9.17) is 9.72 Å². The van der Waals surface area contributed by atoms with Crippen LogP contribution in [0.5, 0.6) is 5.75 Å². The number of H-pyrrole nitrogens is 1. The van der Waals surface area contributed by atoms with Crippen molar-refractivity contribution >= 4 is 16.9 Å². The number of piperidine rings is 1. The number of carbonyl (C=O) groups excluding carboxylic acids is 1. The lowest BCUT2D eigenvalue weighted by Crippen LogP contribution is -2.38. The van der Waals surface area contributed by atoms with E-state index >= 15 is 0 Å². The number of hydrogen-bond acceptors (Lipinski definition) is 3. The van der Waals surface area contributed by atoms with Crippen LogP contribution in [-0.2, 0) is 0 Å². The van der Waals surface area contributed by atoms with E-state index in [0.29, 0.717) is 11.5 Å². The fourth-order valence-corrected chi connectivity index (χ4v) is 3.65. The summed E-state index contributed by atoms with van der Waals surface area (Å²) in [7, 11) is 0. The van der Waals surface area contributed by atoms with Gasteiger partial charge < -0.3 is 14.6 Å². The van der Waals surface area contributed by atoms with E-state index in [-0.39, 0.29) is 12.0 Å². The Kier molecular flexibility index (Phi) is 4.84. The molecule has 3 aromatic rings. The number of aromatic nitrogens is 2. The number of imidazole rings is 1. The van der Waals surface area contributed by atoms with Gasteiger partial charge in [-0.05, 0) is 63.1 Å². The number of likely N-dealkylation sites (tertiary alicyclic amines) is 1. The number of fused-ring (bicyclic) bond motifs is 1. The van der Waals surface area contributed by atoms with E-state index < -0.39 is 0 Å². The second kappa shape index (κ2) is 7.43. The summed E-state index contributed by atoms with van der Waals surface area (Å²) in [5.74, 6) is 2.31. The van der Waals surface area contributed by atoms with Crippen molar-refractivity contribution in [1.29, 1.82) is 0 Å². The molecule has 2 aromatic carbocycles. The topological polar surface area (TPSA) is 58.2 Å². The first kappa shape index (κ1) is 17.6. The van der Waals surface area contributed by atoms with E-state index in [1.807, 2.05) is 61.2 Å². The Morgan fingerprint density at radius 3 is 2.48 bits per heavy atom. The molecule has 0 unspecified atom stereocenters. The number of aromatic amines is 1. The van der Waals surface area contributed by atoms with Crippen LogP contribution in [-0.4, -0.2) is 40.0 Å². The number of amides is 1. The molecule has 1 saturated heterocycles. The minimum absolute atomic E-state index is 0.0918. The Labute approximate surface area is 159 Å². The van der Waals surface area contributed by atoms with Crippen LogP contribution in [0.25, 0.3) is 11.0 Å². The zero-order valence-corrected chi connectivity index (χ0v) is 15.8. The van der Waals surface area contributed by atoms with Gasteiger partial charge in [0.05, 0.1) is 17.1 Å². The predicted molar refractivity (Wildman–Crippen MR) is 106 cm³/mol. The van der Waals surface area contributed by atoms with Crippen molar-refractivity contribution in [2.24, 2.45) is 0 Å². The lowest BCUT2D eigenvalue weighted by atomic mass is 9.95. The molecule has 5 heteroatoms. The van der Waals surface area contributed by atoms with Gasteiger partial charge in [0.1, 0.15) is 11.6 Å². The largest absolute Gasteiger partial charge is 0.491 e. The van der Waals surface area contributed by atoms with Crippen molar-refractivity contribution < 1.29 is 9.53 Å². The molecule has 5 nitrogen and oxygen atoms in total. The lowest BCUT2D eigenvalue weighted by Gasteiger charge is -2.31. The van der Waals surface area contributed by atoms with Gasteiger partial charge in [-0.25, -0.2) is 4.98 Å². The number of hydrogen-bond donors (Lipinski definition) is 1. The number of rotatable bonds is 4. The molecule has 0 bridgehead atoms. The van der Waals surface area contributed by atoms with Gasteiger partial charge in [0.25, 0.3) is 5.91 Å². The van der Waals surface area contributed by atoms with E-state index in [1.165, 1.54) is 0 Å². The van der Waals surface area contributed by atoms with Crippen LogP contribution < -0.4 is 4.74 Å². The van der Waals surface area contributed by atoms with Crippen molar-refractivity contribution in [2.45, 2.75) is 38.7 Å². The molecular weight excluding hydrogens is 338 g/mol. The zero-order chi connectivity index (χ0) is 18.8. The first-order valence-corrected chi connectivity index (χ1v) is 9.61. The highest BCUT2D eigenvalue weighted by atomic mass is 16.5. The Bertz CT molecular complexity index is 889.